The maximum Gasteiger partial charge on any atom is 0.451 e. The van der Waals surface area contributed by atoms with Gasteiger partial charge in [-0.05, 0) is 22.0 Å². The number of rotatable bonds is 5. The van der Waals surface area contributed by atoms with Crippen LogP contribution in [0.3, 0.4) is 0 Å². The van der Waals surface area contributed by atoms with Crippen molar-refractivity contribution in [3.05, 3.63) is 10.6 Å². The van der Waals surface area contributed by atoms with Crippen molar-refractivity contribution in [2.45, 2.75) is 38.6 Å². The first-order chi connectivity index (χ1) is 8.09. The van der Waals surface area contributed by atoms with Gasteiger partial charge < -0.3 is 4.74 Å². The Bertz CT molecular complexity index is 403. The Morgan fingerprint density at radius 2 is 1.94 bits per heavy atom. The van der Waals surface area contributed by atoms with Crippen LogP contribution in [0.2, 0.25) is 25.7 Å². The fraction of sp³-hybridized carbons (Fsp3) is 0.778. The van der Waals surface area contributed by atoms with E-state index in [1.807, 2.05) is 0 Å². The van der Waals surface area contributed by atoms with Gasteiger partial charge in [-0.25, -0.2) is 4.68 Å². The van der Waals surface area contributed by atoms with E-state index in [0.717, 1.165) is 6.04 Å². The van der Waals surface area contributed by atoms with Gasteiger partial charge in [0.2, 0.25) is 10.6 Å². The van der Waals surface area contributed by atoms with Crippen LogP contribution in [0.15, 0.2) is 4.73 Å². The highest BCUT2D eigenvalue weighted by Crippen LogP contribution is 2.28. The molecule has 0 saturated carbocycles. The van der Waals surface area contributed by atoms with Gasteiger partial charge in [0.15, 0.2) is 0 Å². The highest BCUT2D eigenvalue weighted by Gasteiger charge is 2.37. The molecule has 0 aliphatic rings. The van der Waals surface area contributed by atoms with Crippen molar-refractivity contribution in [1.29, 1.82) is 0 Å². The van der Waals surface area contributed by atoms with Crippen LogP contribution in [0.25, 0.3) is 0 Å². The number of hydrogen-bond donors (Lipinski definition) is 0. The van der Waals surface area contributed by atoms with Gasteiger partial charge in [0.25, 0.3) is 0 Å². The van der Waals surface area contributed by atoms with Crippen LogP contribution in [-0.2, 0) is 17.6 Å². The van der Waals surface area contributed by atoms with Crippen LogP contribution >= 0.6 is 15.9 Å². The molecule has 0 spiro atoms. The van der Waals surface area contributed by atoms with Crippen LogP contribution in [0, 0.1) is 0 Å². The molecule has 4 nitrogen and oxygen atoms in total. The minimum Gasteiger partial charge on any atom is -0.359 e. The van der Waals surface area contributed by atoms with E-state index < -0.39 is 20.1 Å². The predicted octanol–water partition coefficient (Wildman–Crippen LogP) is 3.37. The average Bonchev–Trinajstić information content (AvgIpc) is 2.52. The van der Waals surface area contributed by atoms with Crippen molar-refractivity contribution in [1.82, 2.24) is 14.8 Å². The monoisotopic (exact) mass is 345 g/mol. The SMILES string of the molecule is C[Si](C)(C)CCOCn1nc(Br)nc1C(F)(F)F. The third-order valence-electron chi connectivity index (χ3n) is 2.11. The lowest BCUT2D eigenvalue weighted by Gasteiger charge is -2.15. The average molecular weight is 346 g/mol. The number of nitrogens with zero attached hydrogens (tertiary/aromatic N) is 3. The smallest absolute Gasteiger partial charge is 0.359 e. The molecule has 0 N–H and O–H groups in total. The first-order valence-corrected chi connectivity index (χ1v) is 9.85. The second-order valence-electron chi connectivity index (χ2n) is 5.05. The third kappa shape index (κ3) is 5.07. The lowest BCUT2D eigenvalue weighted by molar-refractivity contribution is -0.150. The van der Waals surface area contributed by atoms with Gasteiger partial charge in [0, 0.05) is 14.7 Å². The van der Waals surface area contributed by atoms with Crippen LogP contribution in [0.4, 0.5) is 13.2 Å². The largest absolute Gasteiger partial charge is 0.451 e. The van der Waals surface area contributed by atoms with E-state index in [0.29, 0.717) is 11.3 Å². The van der Waals surface area contributed by atoms with E-state index in [4.69, 9.17) is 4.74 Å². The zero-order valence-electron chi connectivity index (χ0n) is 10.4. The number of halogens is 4. The second-order valence-corrected chi connectivity index (χ2v) is 11.4. The van der Waals surface area contributed by atoms with Gasteiger partial charge in [0.1, 0.15) is 6.73 Å². The van der Waals surface area contributed by atoms with E-state index >= 15 is 0 Å². The standard InChI is InChI=1S/C9H15BrF3N3OSi/c1-18(2,3)5-4-17-6-16-7(9(11,12)13)14-8(10)15-16/h4-6H2,1-3H3. The van der Waals surface area contributed by atoms with E-state index in [9.17, 15) is 13.2 Å². The maximum atomic E-state index is 12.6. The Hall–Kier alpha value is -0.413. The molecule has 1 heterocycles. The molecule has 0 radical (unpaired) electrons. The first kappa shape index (κ1) is 15.6. The van der Waals surface area contributed by atoms with Crippen LogP contribution < -0.4 is 0 Å². The molecule has 0 atom stereocenters. The quantitative estimate of drug-likeness (QED) is 0.606. The Morgan fingerprint density at radius 1 is 1.33 bits per heavy atom. The molecule has 0 saturated heterocycles. The van der Waals surface area contributed by atoms with Crippen molar-refractivity contribution in [3.63, 3.8) is 0 Å². The second kappa shape index (κ2) is 5.70. The Labute approximate surface area is 113 Å². The summed E-state index contributed by atoms with van der Waals surface area (Å²) in [4.78, 5) is 3.28. The zero-order valence-corrected chi connectivity index (χ0v) is 13.0. The van der Waals surface area contributed by atoms with Gasteiger partial charge >= 0.3 is 6.18 Å². The van der Waals surface area contributed by atoms with E-state index in [1.54, 1.807) is 0 Å². The van der Waals surface area contributed by atoms with Crippen LogP contribution in [0.1, 0.15) is 5.82 Å². The summed E-state index contributed by atoms with van der Waals surface area (Å²) in [7, 11) is -1.24. The van der Waals surface area contributed by atoms with Gasteiger partial charge in [-0.3, -0.25) is 0 Å². The van der Waals surface area contributed by atoms with Crippen LogP contribution in [-0.4, -0.2) is 29.4 Å². The third-order valence-corrected chi connectivity index (χ3v) is 4.15. The molecule has 1 aromatic rings. The van der Waals surface area contributed by atoms with Crippen molar-refractivity contribution < 1.29 is 17.9 Å². The summed E-state index contributed by atoms with van der Waals surface area (Å²) in [6, 6.07) is 0.893. The van der Waals surface area contributed by atoms with Gasteiger partial charge in [-0.15, -0.1) is 5.10 Å². The molecule has 18 heavy (non-hydrogen) atoms. The van der Waals surface area contributed by atoms with E-state index in [-0.39, 0.29) is 11.5 Å². The normalized spacial score (nSPS) is 13.1. The number of aromatic nitrogens is 3. The van der Waals surface area contributed by atoms with Crippen molar-refractivity contribution in [2.75, 3.05) is 6.61 Å². The molecule has 0 aliphatic carbocycles. The molecular formula is C9H15BrF3N3OSi. The molecule has 0 unspecified atom stereocenters. The van der Waals surface area contributed by atoms with Gasteiger partial charge in [-0.2, -0.15) is 18.2 Å². The summed E-state index contributed by atoms with van der Waals surface area (Å²) in [5.74, 6) is -1.05. The Morgan fingerprint density at radius 3 is 2.44 bits per heavy atom. The summed E-state index contributed by atoms with van der Waals surface area (Å²) in [5, 5.41) is 3.60. The summed E-state index contributed by atoms with van der Waals surface area (Å²) in [6.45, 7) is 6.71. The molecular weight excluding hydrogens is 331 g/mol. The lowest BCUT2D eigenvalue weighted by Crippen LogP contribution is -2.23. The lowest BCUT2D eigenvalue weighted by atomic mass is 10.6. The maximum absolute atomic E-state index is 12.6. The number of alkyl halides is 3. The molecule has 1 rings (SSSR count). The molecule has 1 aromatic heterocycles. The molecule has 0 bridgehead atoms. The number of ether oxygens (including phenoxy) is 1. The molecule has 104 valence electrons. The zero-order chi connectivity index (χ0) is 14.0. The summed E-state index contributed by atoms with van der Waals surface area (Å²) in [6.07, 6.45) is -4.53. The van der Waals surface area contributed by atoms with Crippen LogP contribution in [0.5, 0.6) is 0 Å². The molecule has 0 aliphatic heterocycles. The minimum atomic E-state index is -4.53. The Kier molecular flexibility index (Phi) is 4.95. The van der Waals surface area contributed by atoms with Crippen molar-refractivity contribution in [2.24, 2.45) is 0 Å². The minimum absolute atomic E-state index is 0.0939. The molecule has 0 fully saturated rings. The summed E-state index contributed by atoms with van der Waals surface area (Å²) < 4.78 is 43.5. The molecule has 0 amide bonds. The molecule has 9 heteroatoms. The predicted molar refractivity (Wildman–Crippen MR) is 66.8 cm³/mol. The van der Waals surface area contributed by atoms with Crippen molar-refractivity contribution >= 4 is 24.0 Å². The van der Waals surface area contributed by atoms with Crippen molar-refractivity contribution in [3.8, 4) is 0 Å². The van der Waals surface area contributed by atoms with E-state index in [1.165, 1.54) is 0 Å². The Balaban J connectivity index is 2.58. The molecule has 0 aromatic carbocycles. The number of hydrogen-bond acceptors (Lipinski definition) is 3. The van der Waals surface area contributed by atoms with Gasteiger partial charge in [-0.1, -0.05) is 19.6 Å². The fourth-order valence-electron chi connectivity index (χ4n) is 1.14. The summed E-state index contributed by atoms with van der Waals surface area (Å²) in [5.41, 5.74) is 0. The topological polar surface area (TPSA) is 39.9 Å². The van der Waals surface area contributed by atoms with E-state index in [2.05, 4.69) is 45.7 Å². The summed E-state index contributed by atoms with van der Waals surface area (Å²) >= 11 is 2.82. The highest BCUT2D eigenvalue weighted by molar-refractivity contribution is 9.10. The first-order valence-electron chi connectivity index (χ1n) is 5.35. The van der Waals surface area contributed by atoms with Gasteiger partial charge in [0.05, 0.1) is 0 Å². The highest BCUT2D eigenvalue weighted by atomic mass is 79.9. The fourth-order valence-corrected chi connectivity index (χ4v) is 2.26.